The highest BCUT2D eigenvalue weighted by molar-refractivity contribution is 7.88. The van der Waals surface area contributed by atoms with Crippen molar-refractivity contribution in [1.82, 2.24) is 29.7 Å². The van der Waals surface area contributed by atoms with Crippen LogP contribution in [-0.4, -0.2) is 72.5 Å². The minimum absolute atomic E-state index is 0.127. The Kier molecular flexibility index (Phi) is 7.91. The number of aromatic nitrogens is 3. The average molecular weight is 509 g/mol. The van der Waals surface area contributed by atoms with Gasteiger partial charge < -0.3 is 10.2 Å². The molecule has 9 nitrogen and oxygen atoms in total. The van der Waals surface area contributed by atoms with E-state index in [1.165, 1.54) is 0 Å². The molecule has 11 heteroatoms. The SMILES string of the molecule is CS(=O)(=O)N[C@H](Cc1ccc(Cl)cc1)C(=O)N1CCC(C2(Cn3cncn3)CCNCC2)CC1. The molecular formula is C23H33ClN6O3S. The molecule has 0 unspecified atom stereocenters. The molecule has 1 amide bonds. The van der Waals surface area contributed by atoms with E-state index in [0.29, 0.717) is 24.0 Å². The van der Waals surface area contributed by atoms with Crippen molar-refractivity contribution in [3.8, 4) is 0 Å². The lowest BCUT2D eigenvalue weighted by molar-refractivity contribution is -0.135. The molecule has 4 rings (SSSR count). The predicted octanol–water partition coefficient (Wildman–Crippen LogP) is 1.70. The number of carbonyl (C=O) groups excluding carboxylic acids is 1. The Bertz CT molecular complexity index is 1050. The second kappa shape index (κ2) is 10.7. The van der Waals surface area contributed by atoms with Crippen molar-refractivity contribution in [3.63, 3.8) is 0 Å². The van der Waals surface area contributed by atoms with Gasteiger partial charge in [0.15, 0.2) is 0 Å². The number of piperidine rings is 2. The molecule has 0 bridgehead atoms. The largest absolute Gasteiger partial charge is 0.341 e. The highest BCUT2D eigenvalue weighted by Gasteiger charge is 2.42. The van der Waals surface area contributed by atoms with E-state index in [2.05, 4.69) is 20.1 Å². The number of nitrogens with zero attached hydrogens (tertiary/aromatic N) is 4. The van der Waals surface area contributed by atoms with E-state index in [9.17, 15) is 13.2 Å². The van der Waals surface area contributed by atoms with Crippen LogP contribution in [0.1, 0.15) is 31.2 Å². The lowest BCUT2D eigenvalue weighted by Crippen LogP contribution is -2.53. The van der Waals surface area contributed by atoms with Gasteiger partial charge in [-0.15, -0.1) is 0 Å². The molecule has 2 aliphatic rings. The molecule has 2 saturated heterocycles. The molecule has 2 N–H and O–H groups in total. The summed E-state index contributed by atoms with van der Waals surface area (Å²) in [5.41, 5.74) is 0.984. The Morgan fingerprint density at radius 2 is 1.91 bits per heavy atom. The Labute approximate surface area is 206 Å². The van der Waals surface area contributed by atoms with Crippen LogP contribution in [0.25, 0.3) is 0 Å². The number of likely N-dealkylation sites (tertiary alicyclic amines) is 1. The van der Waals surface area contributed by atoms with Crippen LogP contribution in [0.2, 0.25) is 5.02 Å². The van der Waals surface area contributed by atoms with E-state index in [1.54, 1.807) is 24.8 Å². The number of hydrogen-bond donors (Lipinski definition) is 2. The summed E-state index contributed by atoms with van der Waals surface area (Å²) in [5, 5.41) is 8.41. The second-order valence-electron chi connectivity index (χ2n) is 9.58. The van der Waals surface area contributed by atoms with Gasteiger partial charge in [-0.1, -0.05) is 23.7 Å². The van der Waals surface area contributed by atoms with Crippen LogP contribution in [-0.2, 0) is 27.8 Å². The Balaban J connectivity index is 1.44. The van der Waals surface area contributed by atoms with Crippen molar-refractivity contribution >= 4 is 27.5 Å². The predicted molar refractivity (Wildman–Crippen MR) is 131 cm³/mol. The normalized spacial score (nSPS) is 20.2. The summed E-state index contributed by atoms with van der Waals surface area (Å²) in [5.74, 6) is 0.301. The molecule has 2 fully saturated rings. The van der Waals surface area contributed by atoms with Crippen LogP contribution < -0.4 is 10.0 Å². The maximum Gasteiger partial charge on any atom is 0.241 e. The van der Waals surface area contributed by atoms with Crippen LogP contribution in [0.5, 0.6) is 0 Å². The van der Waals surface area contributed by atoms with Gasteiger partial charge in [-0.05, 0) is 74.2 Å². The van der Waals surface area contributed by atoms with Gasteiger partial charge in [0.25, 0.3) is 0 Å². The maximum atomic E-state index is 13.4. The lowest BCUT2D eigenvalue weighted by Gasteiger charge is -2.47. The number of rotatable bonds is 8. The highest BCUT2D eigenvalue weighted by Crippen LogP contribution is 2.44. The van der Waals surface area contributed by atoms with Gasteiger partial charge in [-0.3, -0.25) is 9.48 Å². The first-order valence-electron chi connectivity index (χ1n) is 11.8. The van der Waals surface area contributed by atoms with E-state index in [1.807, 2.05) is 21.7 Å². The van der Waals surface area contributed by atoms with Crippen molar-refractivity contribution in [2.24, 2.45) is 11.3 Å². The van der Waals surface area contributed by atoms with Crippen molar-refractivity contribution in [1.29, 1.82) is 0 Å². The van der Waals surface area contributed by atoms with Gasteiger partial charge in [0.05, 0.1) is 6.26 Å². The third-order valence-corrected chi connectivity index (χ3v) is 8.19. The van der Waals surface area contributed by atoms with Crippen molar-refractivity contribution in [2.45, 2.75) is 44.7 Å². The van der Waals surface area contributed by atoms with E-state index >= 15 is 0 Å². The molecule has 0 radical (unpaired) electrons. The smallest absolute Gasteiger partial charge is 0.241 e. The lowest BCUT2D eigenvalue weighted by atomic mass is 9.65. The molecule has 1 atom stereocenters. The third kappa shape index (κ3) is 6.35. The van der Waals surface area contributed by atoms with Crippen LogP contribution >= 0.6 is 11.6 Å². The quantitative estimate of drug-likeness (QED) is 0.561. The molecule has 0 saturated carbocycles. The van der Waals surface area contributed by atoms with Crippen LogP contribution in [0.15, 0.2) is 36.9 Å². The van der Waals surface area contributed by atoms with Gasteiger partial charge >= 0.3 is 0 Å². The topological polar surface area (TPSA) is 109 Å². The number of carbonyl (C=O) groups is 1. The first-order valence-corrected chi connectivity index (χ1v) is 14.0. The Morgan fingerprint density at radius 3 is 2.50 bits per heavy atom. The van der Waals surface area contributed by atoms with E-state index in [4.69, 9.17) is 11.6 Å². The van der Waals surface area contributed by atoms with E-state index < -0.39 is 16.1 Å². The number of halogens is 1. The fraction of sp³-hybridized carbons (Fsp3) is 0.609. The van der Waals surface area contributed by atoms with Crippen LogP contribution in [0.3, 0.4) is 0 Å². The summed E-state index contributed by atoms with van der Waals surface area (Å²) in [6.45, 7) is 4.05. The third-order valence-electron chi connectivity index (χ3n) is 7.22. The Hall–Kier alpha value is -2.01. The van der Waals surface area contributed by atoms with E-state index in [0.717, 1.165) is 57.1 Å². The molecule has 0 spiro atoms. The zero-order valence-corrected chi connectivity index (χ0v) is 21.1. The maximum absolute atomic E-state index is 13.4. The summed E-state index contributed by atoms with van der Waals surface area (Å²) < 4.78 is 28.5. The first kappa shape index (κ1) is 25.1. The van der Waals surface area contributed by atoms with Gasteiger partial charge in [0.1, 0.15) is 18.7 Å². The number of amides is 1. The van der Waals surface area contributed by atoms with Gasteiger partial charge in [-0.25, -0.2) is 18.1 Å². The summed E-state index contributed by atoms with van der Waals surface area (Å²) in [6.07, 6.45) is 8.66. The summed E-state index contributed by atoms with van der Waals surface area (Å²) in [7, 11) is -3.55. The number of sulfonamides is 1. The standard InChI is InChI=1S/C23H33ClN6O3S/c1-34(32,33)28-21(14-18-2-4-20(24)5-3-18)22(31)29-12-6-19(7-13-29)23(8-10-25-11-9-23)15-30-17-26-16-27-30/h2-5,16-17,19,21,25,28H,6-15H2,1H3/t21-/m1/s1. The monoisotopic (exact) mass is 508 g/mol. The second-order valence-corrected chi connectivity index (χ2v) is 11.8. The zero-order chi connectivity index (χ0) is 24.2. The number of hydrogen-bond acceptors (Lipinski definition) is 6. The molecule has 34 heavy (non-hydrogen) atoms. The van der Waals surface area contributed by atoms with Crippen LogP contribution in [0, 0.1) is 11.3 Å². The summed E-state index contributed by atoms with van der Waals surface area (Å²) in [6, 6.07) is 6.31. The Morgan fingerprint density at radius 1 is 1.24 bits per heavy atom. The fourth-order valence-corrected chi connectivity index (χ4v) is 6.31. The minimum atomic E-state index is -3.55. The van der Waals surface area contributed by atoms with Gasteiger partial charge in [0, 0.05) is 24.7 Å². The molecule has 3 heterocycles. The number of nitrogens with one attached hydrogen (secondary N) is 2. The zero-order valence-electron chi connectivity index (χ0n) is 19.5. The van der Waals surface area contributed by atoms with Crippen molar-refractivity contribution in [3.05, 3.63) is 47.5 Å². The van der Waals surface area contributed by atoms with Crippen molar-refractivity contribution in [2.75, 3.05) is 32.4 Å². The van der Waals surface area contributed by atoms with Gasteiger partial charge in [0.2, 0.25) is 15.9 Å². The van der Waals surface area contributed by atoms with Gasteiger partial charge in [-0.2, -0.15) is 5.10 Å². The molecule has 1 aromatic carbocycles. The first-order chi connectivity index (χ1) is 16.2. The molecular weight excluding hydrogens is 476 g/mol. The molecule has 186 valence electrons. The van der Waals surface area contributed by atoms with E-state index in [-0.39, 0.29) is 17.7 Å². The van der Waals surface area contributed by atoms with Crippen molar-refractivity contribution < 1.29 is 13.2 Å². The van der Waals surface area contributed by atoms with Crippen LogP contribution in [0.4, 0.5) is 0 Å². The minimum Gasteiger partial charge on any atom is -0.341 e. The summed E-state index contributed by atoms with van der Waals surface area (Å²) >= 11 is 5.97. The summed E-state index contributed by atoms with van der Waals surface area (Å²) in [4.78, 5) is 19.3. The fourth-order valence-electron chi connectivity index (χ4n) is 5.48. The molecule has 0 aliphatic carbocycles. The molecule has 1 aromatic heterocycles. The average Bonchev–Trinajstić information content (AvgIpc) is 3.32. The number of benzene rings is 1. The molecule has 2 aromatic rings. The molecule has 2 aliphatic heterocycles. The highest BCUT2D eigenvalue weighted by atomic mass is 35.5.